The number of aromatic nitrogens is 2. The molecule has 2 aromatic rings. The third-order valence-electron chi connectivity index (χ3n) is 4.64. The van der Waals surface area contributed by atoms with Crippen LogP contribution in [0.25, 0.3) is 0 Å². The molecule has 0 amide bonds. The van der Waals surface area contributed by atoms with Gasteiger partial charge in [-0.3, -0.25) is 9.78 Å². The van der Waals surface area contributed by atoms with E-state index in [0.29, 0.717) is 11.4 Å². The molecule has 6 nitrogen and oxygen atoms in total. The van der Waals surface area contributed by atoms with Gasteiger partial charge >= 0.3 is 0 Å². The number of pyridine rings is 2. The van der Waals surface area contributed by atoms with Crippen LogP contribution in [-0.2, 0) is 12.8 Å². The number of hydrogen-bond acceptors (Lipinski definition) is 6. The molecular weight excluding hydrogens is 314 g/mol. The molecule has 3 heterocycles. The molecule has 1 fully saturated rings. The van der Waals surface area contributed by atoms with Crippen molar-refractivity contribution in [3.05, 3.63) is 47.5 Å². The second-order valence-electron chi connectivity index (χ2n) is 6.55. The molecule has 132 valence electrons. The molecule has 1 saturated heterocycles. The first-order chi connectivity index (χ1) is 12.1. The van der Waals surface area contributed by atoms with Crippen molar-refractivity contribution in [2.45, 2.75) is 38.6 Å². The van der Waals surface area contributed by atoms with Crippen LogP contribution in [0.4, 0.5) is 11.4 Å². The van der Waals surface area contributed by atoms with E-state index in [4.69, 9.17) is 11.5 Å². The molecule has 0 aromatic carbocycles. The maximum Gasteiger partial charge on any atom is 0.187 e. The maximum atomic E-state index is 12.8. The van der Waals surface area contributed by atoms with E-state index >= 15 is 0 Å². The van der Waals surface area contributed by atoms with Gasteiger partial charge in [0.05, 0.1) is 5.69 Å². The molecule has 6 heteroatoms. The molecular formula is C19H25N5O. The standard InChI is InChI=1S/C19H25N5O/c1-2-15-5-6-16(21)19(23-15)18(25)10-13-11-22-8-7-17(13)24-9-3-4-14(20)12-24/h5-8,11,14H,2-4,9-10,12,20-21H2,1H3/t14-/m0/s1. The Bertz CT molecular complexity index is 761. The molecule has 1 atom stereocenters. The second kappa shape index (κ2) is 7.61. The summed E-state index contributed by atoms with van der Waals surface area (Å²) >= 11 is 0. The Hall–Kier alpha value is -2.47. The van der Waals surface area contributed by atoms with Crippen LogP contribution in [0.1, 0.15) is 41.5 Å². The number of rotatable bonds is 5. The zero-order chi connectivity index (χ0) is 17.8. The van der Waals surface area contributed by atoms with E-state index in [0.717, 1.165) is 49.3 Å². The quantitative estimate of drug-likeness (QED) is 0.808. The molecule has 0 bridgehead atoms. The molecule has 2 aromatic heterocycles. The van der Waals surface area contributed by atoms with Crippen molar-refractivity contribution >= 4 is 17.2 Å². The van der Waals surface area contributed by atoms with Gasteiger partial charge in [0, 0.05) is 54.9 Å². The molecule has 25 heavy (non-hydrogen) atoms. The lowest BCUT2D eigenvalue weighted by Gasteiger charge is -2.33. The van der Waals surface area contributed by atoms with E-state index in [1.807, 2.05) is 19.1 Å². The number of aryl methyl sites for hydroxylation is 1. The zero-order valence-corrected chi connectivity index (χ0v) is 14.6. The van der Waals surface area contributed by atoms with Crippen molar-refractivity contribution in [3.63, 3.8) is 0 Å². The summed E-state index contributed by atoms with van der Waals surface area (Å²) < 4.78 is 0. The lowest BCUT2D eigenvalue weighted by atomic mass is 10.0. The Kier molecular flexibility index (Phi) is 5.28. The number of piperidine rings is 1. The SMILES string of the molecule is CCc1ccc(N)c(C(=O)Cc2cnccc2N2CCC[C@H](N)C2)n1. The summed E-state index contributed by atoms with van der Waals surface area (Å²) in [6.45, 7) is 3.76. The normalized spacial score (nSPS) is 17.5. The molecule has 0 radical (unpaired) electrons. The van der Waals surface area contributed by atoms with Gasteiger partial charge in [-0.25, -0.2) is 4.98 Å². The van der Waals surface area contributed by atoms with E-state index in [2.05, 4.69) is 14.9 Å². The van der Waals surface area contributed by atoms with E-state index < -0.39 is 0 Å². The lowest BCUT2D eigenvalue weighted by Crippen LogP contribution is -2.43. The Morgan fingerprint density at radius 3 is 2.96 bits per heavy atom. The minimum Gasteiger partial charge on any atom is -0.397 e. The van der Waals surface area contributed by atoms with Gasteiger partial charge in [-0.2, -0.15) is 0 Å². The van der Waals surface area contributed by atoms with Crippen molar-refractivity contribution in [1.82, 2.24) is 9.97 Å². The van der Waals surface area contributed by atoms with Crippen LogP contribution >= 0.6 is 0 Å². The Morgan fingerprint density at radius 1 is 1.36 bits per heavy atom. The molecule has 0 aliphatic carbocycles. The minimum atomic E-state index is -0.0802. The predicted octanol–water partition coefficient (Wildman–Crippen LogP) is 1.97. The first kappa shape index (κ1) is 17.4. The number of carbonyl (C=O) groups is 1. The van der Waals surface area contributed by atoms with Crippen molar-refractivity contribution in [2.24, 2.45) is 5.73 Å². The molecule has 1 aliphatic heterocycles. The predicted molar refractivity (Wildman–Crippen MR) is 99.7 cm³/mol. The summed E-state index contributed by atoms with van der Waals surface area (Å²) in [6, 6.07) is 5.74. The van der Waals surface area contributed by atoms with Gasteiger partial charge < -0.3 is 16.4 Å². The van der Waals surface area contributed by atoms with Crippen LogP contribution in [0, 0.1) is 0 Å². The average Bonchev–Trinajstić information content (AvgIpc) is 2.62. The van der Waals surface area contributed by atoms with Crippen molar-refractivity contribution < 1.29 is 4.79 Å². The monoisotopic (exact) mass is 339 g/mol. The highest BCUT2D eigenvalue weighted by atomic mass is 16.1. The van der Waals surface area contributed by atoms with Crippen LogP contribution in [0.2, 0.25) is 0 Å². The third kappa shape index (κ3) is 3.96. The number of nitrogen functional groups attached to an aromatic ring is 1. The van der Waals surface area contributed by atoms with Crippen molar-refractivity contribution in [1.29, 1.82) is 0 Å². The van der Waals surface area contributed by atoms with Gasteiger partial charge in [-0.15, -0.1) is 0 Å². The highest BCUT2D eigenvalue weighted by Gasteiger charge is 2.21. The molecule has 0 spiro atoms. The fourth-order valence-electron chi connectivity index (χ4n) is 3.28. The van der Waals surface area contributed by atoms with Crippen LogP contribution in [-0.4, -0.2) is 34.9 Å². The zero-order valence-electron chi connectivity index (χ0n) is 14.6. The van der Waals surface area contributed by atoms with Gasteiger partial charge in [0.1, 0.15) is 5.69 Å². The summed E-state index contributed by atoms with van der Waals surface area (Å²) in [7, 11) is 0. The highest BCUT2D eigenvalue weighted by Crippen LogP contribution is 2.25. The van der Waals surface area contributed by atoms with Crippen LogP contribution in [0.3, 0.4) is 0 Å². The summed E-state index contributed by atoms with van der Waals surface area (Å²) in [5.74, 6) is -0.0802. The lowest BCUT2D eigenvalue weighted by molar-refractivity contribution is 0.0989. The number of ketones is 1. The summed E-state index contributed by atoms with van der Waals surface area (Å²) in [4.78, 5) is 23.6. The van der Waals surface area contributed by atoms with Crippen molar-refractivity contribution in [3.8, 4) is 0 Å². The van der Waals surface area contributed by atoms with Gasteiger partial charge in [0.15, 0.2) is 5.78 Å². The summed E-state index contributed by atoms with van der Waals surface area (Å²) in [6.07, 6.45) is 6.62. The van der Waals surface area contributed by atoms with Gasteiger partial charge in [-0.1, -0.05) is 6.92 Å². The largest absolute Gasteiger partial charge is 0.397 e. The van der Waals surface area contributed by atoms with Gasteiger partial charge in [0.2, 0.25) is 0 Å². The van der Waals surface area contributed by atoms with E-state index in [1.54, 1.807) is 18.5 Å². The fraction of sp³-hybridized carbons (Fsp3) is 0.421. The molecule has 3 rings (SSSR count). The van der Waals surface area contributed by atoms with Crippen LogP contribution in [0.5, 0.6) is 0 Å². The first-order valence-corrected chi connectivity index (χ1v) is 8.80. The van der Waals surface area contributed by atoms with Crippen molar-refractivity contribution in [2.75, 3.05) is 23.7 Å². The average molecular weight is 339 g/mol. The molecule has 0 unspecified atom stereocenters. The van der Waals surface area contributed by atoms with E-state index in [1.165, 1.54) is 0 Å². The molecule has 1 aliphatic rings. The molecule has 4 N–H and O–H groups in total. The summed E-state index contributed by atoms with van der Waals surface area (Å²) in [5.41, 5.74) is 15.6. The number of nitrogens with two attached hydrogens (primary N) is 2. The summed E-state index contributed by atoms with van der Waals surface area (Å²) in [5, 5.41) is 0. The third-order valence-corrected chi connectivity index (χ3v) is 4.64. The Labute approximate surface area is 148 Å². The van der Waals surface area contributed by atoms with E-state index in [-0.39, 0.29) is 18.2 Å². The highest BCUT2D eigenvalue weighted by molar-refractivity contribution is 6.00. The minimum absolute atomic E-state index is 0.0802. The number of anilines is 2. The van der Waals surface area contributed by atoms with Gasteiger partial charge in [0.25, 0.3) is 0 Å². The first-order valence-electron chi connectivity index (χ1n) is 8.80. The topological polar surface area (TPSA) is 98.1 Å². The molecule has 0 saturated carbocycles. The number of hydrogen-bond donors (Lipinski definition) is 2. The fourth-order valence-corrected chi connectivity index (χ4v) is 3.28. The maximum absolute atomic E-state index is 12.8. The van der Waals surface area contributed by atoms with E-state index in [9.17, 15) is 4.79 Å². The van der Waals surface area contributed by atoms with Gasteiger partial charge in [-0.05, 0) is 37.5 Å². The number of nitrogens with zero attached hydrogens (tertiary/aromatic N) is 3. The number of Topliss-reactive ketones (excluding diaryl/α,β-unsaturated/α-hetero) is 1. The second-order valence-corrected chi connectivity index (χ2v) is 6.55. The number of carbonyl (C=O) groups excluding carboxylic acids is 1. The van der Waals surface area contributed by atoms with Crippen LogP contribution in [0.15, 0.2) is 30.6 Å². The Morgan fingerprint density at radius 2 is 2.20 bits per heavy atom. The smallest absolute Gasteiger partial charge is 0.187 e. The van der Waals surface area contributed by atoms with Crippen LogP contribution < -0.4 is 16.4 Å². The Balaban J connectivity index is 1.85.